The molecule has 0 spiro atoms. The summed E-state index contributed by atoms with van der Waals surface area (Å²) in [5.41, 5.74) is 10.5. The molecule has 4 aromatic carbocycles. The Balaban J connectivity index is 1.73. The molecule has 0 aliphatic rings. The van der Waals surface area contributed by atoms with Gasteiger partial charge in [0.1, 0.15) is 5.82 Å². The zero-order valence-electron chi connectivity index (χ0n) is 17.0. The van der Waals surface area contributed by atoms with E-state index in [1.54, 1.807) is 4.57 Å². The van der Waals surface area contributed by atoms with Gasteiger partial charge in [0.25, 0.3) is 0 Å². The topological polar surface area (TPSA) is 76.7 Å². The number of carbonyl (C=O) groups excluding carboxylic acids is 1. The molecule has 150 valence electrons. The second-order valence-electron chi connectivity index (χ2n) is 7.84. The third-order valence-electron chi connectivity index (χ3n) is 6.03. The number of fused-ring (bicyclic) bond motifs is 7. The number of para-hydroxylation sites is 1. The van der Waals surface area contributed by atoms with Gasteiger partial charge in [-0.2, -0.15) is 0 Å². The van der Waals surface area contributed by atoms with Gasteiger partial charge in [0.2, 0.25) is 5.91 Å². The minimum atomic E-state index is 0.0576. The molecule has 0 radical (unpaired) electrons. The van der Waals surface area contributed by atoms with Gasteiger partial charge in [-0.05, 0) is 29.0 Å². The molecule has 31 heavy (non-hydrogen) atoms. The van der Waals surface area contributed by atoms with E-state index in [-0.39, 0.29) is 5.91 Å². The largest absolute Gasteiger partial charge is 0.399 e. The van der Waals surface area contributed by atoms with Crippen LogP contribution in [0.2, 0.25) is 0 Å². The molecular formula is C26H20N4O. The van der Waals surface area contributed by atoms with E-state index >= 15 is 0 Å². The van der Waals surface area contributed by atoms with Crippen molar-refractivity contribution in [1.29, 1.82) is 0 Å². The number of nitrogen functional groups attached to an aromatic ring is 1. The Hall–Kier alpha value is -4.12. The minimum Gasteiger partial charge on any atom is -0.399 e. The van der Waals surface area contributed by atoms with Gasteiger partial charge in [-0.3, -0.25) is 9.36 Å². The first kappa shape index (κ1) is 17.7. The highest BCUT2D eigenvalue weighted by molar-refractivity contribution is 6.24. The summed E-state index contributed by atoms with van der Waals surface area (Å²) in [5.74, 6) is 0.802. The maximum Gasteiger partial charge on any atom is 0.230 e. The zero-order valence-corrected chi connectivity index (χ0v) is 17.0. The Morgan fingerprint density at radius 3 is 2.45 bits per heavy atom. The van der Waals surface area contributed by atoms with Crippen molar-refractivity contribution in [2.24, 2.45) is 0 Å². The lowest BCUT2D eigenvalue weighted by Crippen LogP contribution is -2.06. The Kier molecular flexibility index (Phi) is 3.68. The number of aromatic amines is 1. The van der Waals surface area contributed by atoms with E-state index < -0.39 is 0 Å². The van der Waals surface area contributed by atoms with Crippen molar-refractivity contribution in [2.45, 2.75) is 13.3 Å². The highest BCUT2D eigenvalue weighted by Crippen LogP contribution is 2.37. The number of carbonyl (C=O) groups is 1. The molecule has 6 aromatic rings. The number of hydrogen-bond donors (Lipinski definition) is 2. The van der Waals surface area contributed by atoms with Gasteiger partial charge < -0.3 is 10.7 Å². The Morgan fingerprint density at radius 2 is 1.65 bits per heavy atom. The first-order valence-electron chi connectivity index (χ1n) is 10.4. The number of nitrogens with one attached hydrogen (secondary N) is 1. The molecule has 0 unspecified atom stereocenters. The number of anilines is 1. The van der Waals surface area contributed by atoms with Crippen LogP contribution in [0.15, 0.2) is 72.9 Å². The Morgan fingerprint density at radius 1 is 0.935 bits per heavy atom. The van der Waals surface area contributed by atoms with Crippen LogP contribution in [0.25, 0.3) is 54.9 Å². The van der Waals surface area contributed by atoms with E-state index in [1.807, 2.05) is 61.7 Å². The van der Waals surface area contributed by atoms with Crippen molar-refractivity contribution < 1.29 is 4.79 Å². The van der Waals surface area contributed by atoms with Crippen LogP contribution in [-0.2, 0) is 0 Å². The molecule has 5 nitrogen and oxygen atoms in total. The summed E-state index contributed by atoms with van der Waals surface area (Å²) in [5, 5.41) is 5.41. The van der Waals surface area contributed by atoms with Crippen molar-refractivity contribution >= 4 is 55.1 Å². The molecule has 5 heteroatoms. The minimum absolute atomic E-state index is 0.0576. The number of imidazole rings is 1. The average Bonchev–Trinajstić information content (AvgIpc) is 3.41. The number of nitrogens with two attached hydrogens (primary N) is 1. The Labute approximate surface area is 178 Å². The monoisotopic (exact) mass is 404 g/mol. The van der Waals surface area contributed by atoms with Crippen LogP contribution in [0.5, 0.6) is 0 Å². The van der Waals surface area contributed by atoms with E-state index in [0.717, 1.165) is 54.9 Å². The zero-order chi connectivity index (χ0) is 21.1. The summed E-state index contributed by atoms with van der Waals surface area (Å²) in [7, 11) is 0. The number of benzene rings is 4. The van der Waals surface area contributed by atoms with Gasteiger partial charge in [-0.1, -0.05) is 55.5 Å². The van der Waals surface area contributed by atoms with Gasteiger partial charge in [0, 0.05) is 40.0 Å². The third kappa shape index (κ3) is 2.50. The van der Waals surface area contributed by atoms with Crippen LogP contribution in [-0.4, -0.2) is 20.4 Å². The summed E-state index contributed by atoms with van der Waals surface area (Å²) in [4.78, 5) is 21.1. The molecule has 2 heterocycles. The molecule has 0 bridgehead atoms. The summed E-state index contributed by atoms with van der Waals surface area (Å²) in [6, 6.07) is 22.2. The van der Waals surface area contributed by atoms with Crippen LogP contribution in [0.1, 0.15) is 18.1 Å². The third-order valence-corrected chi connectivity index (χ3v) is 6.03. The number of aromatic nitrogens is 3. The highest BCUT2D eigenvalue weighted by atomic mass is 16.1. The molecule has 0 saturated heterocycles. The lowest BCUT2D eigenvalue weighted by atomic mass is 9.99. The fourth-order valence-corrected chi connectivity index (χ4v) is 4.56. The van der Waals surface area contributed by atoms with Crippen molar-refractivity contribution in [1.82, 2.24) is 14.5 Å². The number of H-pyrrole nitrogens is 1. The van der Waals surface area contributed by atoms with E-state index in [4.69, 9.17) is 10.7 Å². The van der Waals surface area contributed by atoms with E-state index in [2.05, 4.69) is 23.2 Å². The summed E-state index contributed by atoms with van der Waals surface area (Å²) in [6.07, 6.45) is 2.33. The van der Waals surface area contributed by atoms with Crippen molar-refractivity contribution in [3.63, 3.8) is 0 Å². The second kappa shape index (κ2) is 6.44. The van der Waals surface area contributed by atoms with Crippen LogP contribution in [0, 0.1) is 0 Å². The predicted octanol–water partition coefficient (Wildman–Crippen LogP) is 6.12. The fourth-order valence-electron chi connectivity index (χ4n) is 4.56. The SMILES string of the molecule is CCC(=O)n1cc(-c2nc3c4cc(N)ccc4c4ccccc4c3[nH]2)c2ccccc21. The molecule has 0 aliphatic carbocycles. The molecule has 0 saturated carbocycles. The highest BCUT2D eigenvalue weighted by Gasteiger charge is 2.18. The quantitative estimate of drug-likeness (QED) is 0.269. The van der Waals surface area contributed by atoms with Gasteiger partial charge in [0.15, 0.2) is 0 Å². The van der Waals surface area contributed by atoms with Crippen molar-refractivity contribution in [3.8, 4) is 11.4 Å². The maximum atomic E-state index is 12.5. The predicted molar refractivity (Wildman–Crippen MR) is 127 cm³/mol. The van der Waals surface area contributed by atoms with Gasteiger partial charge in [-0.25, -0.2) is 4.98 Å². The molecule has 0 atom stereocenters. The smallest absolute Gasteiger partial charge is 0.230 e. The van der Waals surface area contributed by atoms with Crippen molar-refractivity contribution in [3.05, 3.63) is 72.9 Å². The summed E-state index contributed by atoms with van der Waals surface area (Å²) >= 11 is 0. The Bertz CT molecular complexity index is 1650. The molecule has 0 aliphatic heterocycles. The molecule has 6 rings (SSSR count). The van der Waals surface area contributed by atoms with E-state index in [1.165, 1.54) is 0 Å². The maximum absolute atomic E-state index is 12.5. The fraction of sp³-hybridized carbons (Fsp3) is 0.0769. The van der Waals surface area contributed by atoms with Gasteiger partial charge in [-0.15, -0.1) is 0 Å². The number of rotatable bonds is 2. The lowest BCUT2D eigenvalue weighted by Gasteiger charge is -2.06. The average molecular weight is 404 g/mol. The standard InChI is InChI=1S/C26H20N4O/c1-2-23(31)30-14-21(18-8-5-6-10-22(18)30)26-28-24-19-9-4-3-7-16(19)17-12-11-15(27)13-20(17)25(24)29-26/h3-14H,2,27H2,1H3,(H,28,29). The lowest BCUT2D eigenvalue weighted by molar-refractivity contribution is 0.0914. The van der Waals surface area contributed by atoms with Crippen LogP contribution in [0.3, 0.4) is 0 Å². The molecular weight excluding hydrogens is 384 g/mol. The van der Waals surface area contributed by atoms with Gasteiger partial charge in [0.05, 0.1) is 16.6 Å². The molecule has 2 aromatic heterocycles. The van der Waals surface area contributed by atoms with E-state index in [9.17, 15) is 4.79 Å². The summed E-state index contributed by atoms with van der Waals surface area (Å²) in [6.45, 7) is 1.88. The first-order chi connectivity index (χ1) is 15.2. The molecule has 0 fully saturated rings. The van der Waals surface area contributed by atoms with Crippen LogP contribution in [0.4, 0.5) is 5.69 Å². The second-order valence-corrected chi connectivity index (χ2v) is 7.84. The van der Waals surface area contributed by atoms with Crippen molar-refractivity contribution in [2.75, 3.05) is 5.73 Å². The molecule has 0 amide bonds. The number of nitrogens with zero attached hydrogens (tertiary/aromatic N) is 2. The first-order valence-corrected chi connectivity index (χ1v) is 10.4. The summed E-state index contributed by atoms with van der Waals surface area (Å²) < 4.78 is 1.73. The van der Waals surface area contributed by atoms with Crippen LogP contribution >= 0.6 is 0 Å². The van der Waals surface area contributed by atoms with E-state index in [0.29, 0.717) is 12.1 Å². The normalized spacial score (nSPS) is 11.8. The van der Waals surface area contributed by atoms with Crippen LogP contribution < -0.4 is 5.73 Å². The number of hydrogen-bond acceptors (Lipinski definition) is 3. The molecule has 3 N–H and O–H groups in total. The van der Waals surface area contributed by atoms with Gasteiger partial charge >= 0.3 is 0 Å².